The fraction of sp³-hybridized carbons (Fsp3) is 0.455. The van der Waals surface area contributed by atoms with Crippen LogP contribution >= 0.6 is 11.8 Å². The van der Waals surface area contributed by atoms with E-state index in [2.05, 4.69) is 30.3 Å². The summed E-state index contributed by atoms with van der Waals surface area (Å²) in [6.45, 7) is 4.01. The van der Waals surface area contributed by atoms with Gasteiger partial charge in [-0.2, -0.15) is 0 Å². The highest BCUT2D eigenvalue weighted by molar-refractivity contribution is 8.00. The number of ether oxygens (including phenoxy) is 1. The molecule has 0 radical (unpaired) electrons. The molecule has 0 unspecified atom stereocenters. The molecule has 28 heavy (non-hydrogen) atoms. The van der Waals surface area contributed by atoms with Crippen LogP contribution in [0.25, 0.3) is 10.8 Å². The third-order valence-corrected chi connectivity index (χ3v) is 6.58. The van der Waals surface area contributed by atoms with Crippen molar-refractivity contribution in [1.29, 1.82) is 0 Å². The molecule has 0 aliphatic carbocycles. The van der Waals surface area contributed by atoms with Crippen molar-refractivity contribution in [1.82, 2.24) is 9.80 Å². The summed E-state index contributed by atoms with van der Waals surface area (Å²) in [5.74, 6) is 0.895. The van der Waals surface area contributed by atoms with Crippen molar-refractivity contribution in [2.75, 3.05) is 45.1 Å². The first-order valence-electron chi connectivity index (χ1n) is 9.96. The van der Waals surface area contributed by atoms with Crippen LogP contribution in [0, 0.1) is 5.92 Å². The van der Waals surface area contributed by atoms with E-state index in [9.17, 15) is 9.59 Å². The summed E-state index contributed by atoms with van der Waals surface area (Å²) in [5, 5.41) is 2.41. The van der Waals surface area contributed by atoms with Crippen molar-refractivity contribution >= 4 is 34.3 Å². The van der Waals surface area contributed by atoms with E-state index in [1.54, 1.807) is 11.8 Å². The molecular formula is C22H26N2O3S. The number of benzene rings is 2. The maximum atomic E-state index is 12.6. The van der Waals surface area contributed by atoms with Crippen LogP contribution in [0.4, 0.5) is 0 Å². The number of fused-ring (bicyclic) bond motifs is 1. The summed E-state index contributed by atoms with van der Waals surface area (Å²) in [6.07, 6.45) is 1.53. The number of piperidine rings is 1. The van der Waals surface area contributed by atoms with Gasteiger partial charge >= 0.3 is 0 Å². The topological polar surface area (TPSA) is 49.9 Å². The second-order valence-corrected chi connectivity index (χ2v) is 8.44. The van der Waals surface area contributed by atoms with Crippen molar-refractivity contribution < 1.29 is 14.3 Å². The van der Waals surface area contributed by atoms with Gasteiger partial charge in [-0.15, -0.1) is 11.8 Å². The lowest BCUT2D eigenvalue weighted by Crippen LogP contribution is -2.47. The van der Waals surface area contributed by atoms with Gasteiger partial charge in [-0.3, -0.25) is 9.59 Å². The second kappa shape index (κ2) is 8.97. The second-order valence-electron chi connectivity index (χ2n) is 7.39. The van der Waals surface area contributed by atoms with Crippen molar-refractivity contribution in [3.05, 3.63) is 42.5 Å². The number of carbonyl (C=O) groups is 2. The average molecular weight is 399 g/mol. The molecule has 2 amide bonds. The molecule has 0 atom stereocenters. The summed E-state index contributed by atoms with van der Waals surface area (Å²) in [5.41, 5.74) is 0. The number of hydrogen-bond acceptors (Lipinski definition) is 4. The fourth-order valence-corrected chi connectivity index (χ4v) is 4.76. The largest absolute Gasteiger partial charge is 0.378 e. The molecule has 0 bridgehead atoms. The van der Waals surface area contributed by atoms with Crippen LogP contribution in [0.1, 0.15) is 12.8 Å². The van der Waals surface area contributed by atoms with Crippen LogP contribution in [0.3, 0.4) is 0 Å². The van der Waals surface area contributed by atoms with Gasteiger partial charge in [-0.1, -0.05) is 30.3 Å². The van der Waals surface area contributed by atoms with Crippen molar-refractivity contribution in [2.24, 2.45) is 5.92 Å². The molecule has 0 aromatic heterocycles. The Kier molecular flexibility index (Phi) is 6.17. The predicted octanol–water partition coefficient (Wildman–Crippen LogP) is 3.03. The first-order chi connectivity index (χ1) is 13.7. The molecule has 6 heteroatoms. The van der Waals surface area contributed by atoms with Gasteiger partial charge in [0.2, 0.25) is 11.8 Å². The zero-order valence-electron chi connectivity index (χ0n) is 16.0. The number of rotatable bonds is 4. The van der Waals surface area contributed by atoms with Crippen LogP contribution in [0.5, 0.6) is 0 Å². The zero-order valence-corrected chi connectivity index (χ0v) is 16.8. The molecule has 0 spiro atoms. The molecule has 2 aromatic rings. The Hall–Kier alpha value is -2.05. The SMILES string of the molecule is O=C(CSc1ccc2ccccc2c1)N1CCC(C(=O)N2CCOCC2)CC1. The number of hydrogen-bond donors (Lipinski definition) is 0. The first kappa shape index (κ1) is 19.3. The highest BCUT2D eigenvalue weighted by atomic mass is 32.2. The number of morpholine rings is 1. The lowest BCUT2D eigenvalue weighted by Gasteiger charge is -2.35. The van der Waals surface area contributed by atoms with E-state index in [1.807, 2.05) is 21.9 Å². The molecule has 2 heterocycles. The van der Waals surface area contributed by atoms with E-state index < -0.39 is 0 Å². The van der Waals surface area contributed by atoms with E-state index in [0.29, 0.717) is 45.1 Å². The van der Waals surface area contributed by atoms with Gasteiger partial charge < -0.3 is 14.5 Å². The molecule has 4 rings (SSSR count). The minimum Gasteiger partial charge on any atom is -0.378 e. The van der Waals surface area contributed by atoms with Crippen molar-refractivity contribution in [3.8, 4) is 0 Å². The molecule has 2 aliphatic rings. The van der Waals surface area contributed by atoms with Gasteiger partial charge in [0.05, 0.1) is 19.0 Å². The van der Waals surface area contributed by atoms with E-state index in [1.165, 1.54) is 10.8 Å². The summed E-state index contributed by atoms with van der Waals surface area (Å²) >= 11 is 1.59. The summed E-state index contributed by atoms with van der Waals surface area (Å²) in [6, 6.07) is 14.6. The molecule has 0 saturated carbocycles. The number of likely N-dealkylation sites (tertiary alicyclic amines) is 1. The monoisotopic (exact) mass is 398 g/mol. The summed E-state index contributed by atoms with van der Waals surface area (Å²) in [7, 11) is 0. The number of nitrogens with zero attached hydrogens (tertiary/aromatic N) is 2. The Morgan fingerprint density at radius 2 is 1.64 bits per heavy atom. The minimum atomic E-state index is 0.0512. The zero-order chi connectivity index (χ0) is 19.3. The quantitative estimate of drug-likeness (QED) is 0.743. The van der Waals surface area contributed by atoms with Crippen LogP contribution in [0.2, 0.25) is 0 Å². The van der Waals surface area contributed by atoms with Crippen LogP contribution in [-0.2, 0) is 14.3 Å². The Morgan fingerprint density at radius 1 is 0.929 bits per heavy atom. The van der Waals surface area contributed by atoms with Gasteiger partial charge in [0.1, 0.15) is 0 Å². The molecule has 2 saturated heterocycles. The third-order valence-electron chi connectivity index (χ3n) is 5.60. The van der Waals surface area contributed by atoms with Crippen molar-refractivity contribution in [3.63, 3.8) is 0 Å². The predicted molar refractivity (Wildman–Crippen MR) is 111 cm³/mol. The summed E-state index contributed by atoms with van der Waals surface area (Å²) in [4.78, 5) is 30.2. The van der Waals surface area contributed by atoms with Gasteiger partial charge in [-0.25, -0.2) is 0 Å². The van der Waals surface area contributed by atoms with Gasteiger partial charge in [0, 0.05) is 37.0 Å². The fourth-order valence-electron chi connectivity index (χ4n) is 3.91. The van der Waals surface area contributed by atoms with E-state index in [0.717, 1.165) is 17.7 Å². The molecule has 2 aliphatic heterocycles. The minimum absolute atomic E-state index is 0.0512. The number of carbonyl (C=O) groups excluding carboxylic acids is 2. The number of amides is 2. The molecular weight excluding hydrogens is 372 g/mol. The number of thioether (sulfide) groups is 1. The Morgan fingerprint density at radius 3 is 2.39 bits per heavy atom. The molecule has 2 fully saturated rings. The maximum Gasteiger partial charge on any atom is 0.232 e. The van der Waals surface area contributed by atoms with Gasteiger partial charge in [-0.05, 0) is 35.7 Å². The van der Waals surface area contributed by atoms with E-state index in [4.69, 9.17) is 4.74 Å². The highest BCUT2D eigenvalue weighted by Gasteiger charge is 2.30. The lowest BCUT2D eigenvalue weighted by atomic mass is 9.95. The maximum absolute atomic E-state index is 12.6. The molecule has 0 N–H and O–H groups in total. The van der Waals surface area contributed by atoms with E-state index >= 15 is 0 Å². The van der Waals surface area contributed by atoms with Crippen LogP contribution in [-0.4, -0.2) is 66.8 Å². The standard InChI is InChI=1S/C22H26N2O3S/c25-21(16-28-20-6-5-17-3-1-2-4-19(17)15-20)23-9-7-18(8-10-23)22(26)24-11-13-27-14-12-24/h1-6,15,18H,7-14,16H2. The van der Waals surface area contributed by atoms with Crippen LogP contribution < -0.4 is 0 Å². The Bertz CT molecular complexity index is 843. The first-order valence-corrected chi connectivity index (χ1v) is 11.0. The Labute approximate surface area is 170 Å². The normalized spacial score (nSPS) is 18.4. The average Bonchev–Trinajstić information content (AvgIpc) is 2.77. The summed E-state index contributed by atoms with van der Waals surface area (Å²) < 4.78 is 5.32. The highest BCUT2D eigenvalue weighted by Crippen LogP contribution is 2.25. The molecule has 2 aromatic carbocycles. The van der Waals surface area contributed by atoms with E-state index in [-0.39, 0.29) is 17.7 Å². The van der Waals surface area contributed by atoms with Crippen LogP contribution in [0.15, 0.2) is 47.4 Å². The smallest absolute Gasteiger partial charge is 0.232 e. The Balaban J connectivity index is 1.26. The molecule has 5 nitrogen and oxygen atoms in total. The molecule has 148 valence electrons. The third kappa shape index (κ3) is 4.50. The van der Waals surface area contributed by atoms with Gasteiger partial charge in [0.15, 0.2) is 0 Å². The van der Waals surface area contributed by atoms with Gasteiger partial charge in [0.25, 0.3) is 0 Å². The lowest BCUT2D eigenvalue weighted by molar-refractivity contribution is -0.143. The van der Waals surface area contributed by atoms with Crippen molar-refractivity contribution in [2.45, 2.75) is 17.7 Å².